The summed E-state index contributed by atoms with van der Waals surface area (Å²) >= 11 is 0. The SMILES string of the molecule is Cc1ccc(OCCNS(=O)(=O)c2cccc(C(F)(F)F)c2)cc1. The van der Waals surface area contributed by atoms with Crippen LogP contribution in [0.5, 0.6) is 5.75 Å². The van der Waals surface area contributed by atoms with Crippen molar-refractivity contribution >= 4 is 10.0 Å². The van der Waals surface area contributed by atoms with Gasteiger partial charge in [0.15, 0.2) is 0 Å². The second kappa shape index (κ2) is 7.23. The van der Waals surface area contributed by atoms with Gasteiger partial charge in [0.05, 0.1) is 10.5 Å². The molecule has 0 aliphatic rings. The van der Waals surface area contributed by atoms with Gasteiger partial charge in [0, 0.05) is 6.54 Å². The van der Waals surface area contributed by atoms with Crippen LogP contribution in [-0.4, -0.2) is 21.6 Å². The van der Waals surface area contributed by atoms with Crippen molar-refractivity contribution in [3.63, 3.8) is 0 Å². The average Bonchev–Trinajstić information content (AvgIpc) is 2.53. The molecule has 1 N–H and O–H groups in total. The predicted octanol–water partition coefficient (Wildman–Crippen LogP) is 3.37. The molecule has 0 aliphatic carbocycles. The second-order valence-electron chi connectivity index (χ2n) is 5.08. The Kier molecular flexibility index (Phi) is 5.51. The fraction of sp³-hybridized carbons (Fsp3) is 0.250. The number of rotatable bonds is 6. The molecule has 0 amide bonds. The van der Waals surface area contributed by atoms with E-state index < -0.39 is 26.7 Å². The first-order valence-electron chi connectivity index (χ1n) is 7.05. The standard InChI is InChI=1S/C16H16F3NO3S/c1-12-5-7-14(8-6-12)23-10-9-20-24(21,22)15-4-2-3-13(11-15)16(17,18)19/h2-8,11,20H,9-10H2,1H3. The molecule has 0 saturated heterocycles. The first-order valence-corrected chi connectivity index (χ1v) is 8.53. The number of hydrogen-bond acceptors (Lipinski definition) is 3. The Morgan fingerprint density at radius 1 is 1.08 bits per heavy atom. The van der Waals surface area contributed by atoms with E-state index in [1.165, 1.54) is 0 Å². The Balaban J connectivity index is 1.95. The summed E-state index contributed by atoms with van der Waals surface area (Å²) in [5, 5.41) is 0. The molecule has 0 saturated carbocycles. The third-order valence-corrected chi connectivity index (χ3v) is 4.61. The highest BCUT2D eigenvalue weighted by molar-refractivity contribution is 7.89. The highest BCUT2D eigenvalue weighted by Crippen LogP contribution is 2.30. The van der Waals surface area contributed by atoms with Crippen LogP contribution in [0.15, 0.2) is 53.4 Å². The molecule has 0 unspecified atom stereocenters. The van der Waals surface area contributed by atoms with Gasteiger partial charge in [-0.25, -0.2) is 13.1 Å². The van der Waals surface area contributed by atoms with E-state index in [1.807, 2.05) is 19.1 Å². The predicted molar refractivity (Wildman–Crippen MR) is 83.3 cm³/mol. The molecular formula is C16H16F3NO3S. The highest BCUT2D eigenvalue weighted by Gasteiger charge is 2.31. The molecule has 2 aromatic carbocycles. The zero-order valence-electron chi connectivity index (χ0n) is 12.8. The van der Waals surface area contributed by atoms with Gasteiger partial charge in [-0.3, -0.25) is 0 Å². The van der Waals surface area contributed by atoms with Crippen molar-refractivity contribution in [1.29, 1.82) is 0 Å². The molecule has 0 fully saturated rings. The summed E-state index contributed by atoms with van der Waals surface area (Å²) in [5.74, 6) is 0.582. The van der Waals surface area contributed by atoms with E-state index in [2.05, 4.69) is 4.72 Å². The summed E-state index contributed by atoms with van der Waals surface area (Å²) in [7, 11) is -4.03. The molecule has 130 valence electrons. The van der Waals surface area contributed by atoms with Crippen LogP contribution in [0.4, 0.5) is 13.2 Å². The molecule has 0 bridgehead atoms. The number of ether oxygens (including phenoxy) is 1. The zero-order chi connectivity index (χ0) is 17.8. The number of aryl methyl sites for hydroxylation is 1. The lowest BCUT2D eigenvalue weighted by Crippen LogP contribution is -2.28. The van der Waals surface area contributed by atoms with Crippen LogP contribution < -0.4 is 9.46 Å². The molecule has 24 heavy (non-hydrogen) atoms. The van der Waals surface area contributed by atoms with Crippen molar-refractivity contribution in [2.45, 2.75) is 18.0 Å². The minimum absolute atomic E-state index is 0.0568. The fourth-order valence-corrected chi connectivity index (χ4v) is 2.96. The Labute approximate surface area is 138 Å². The molecule has 0 radical (unpaired) electrons. The zero-order valence-corrected chi connectivity index (χ0v) is 13.6. The summed E-state index contributed by atoms with van der Waals surface area (Å²) in [6, 6.07) is 10.8. The number of hydrogen-bond donors (Lipinski definition) is 1. The van der Waals surface area contributed by atoms with Crippen molar-refractivity contribution in [3.05, 3.63) is 59.7 Å². The molecule has 0 spiro atoms. The lowest BCUT2D eigenvalue weighted by molar-refractivity contribution is -0.137. The number of sulfonamides is 1. The normalized spacial score (nSPS) is 12.2. The lowest BCUT2D eigenvalue weighted by atomic mass is 10.2. The molecule has 0 aliphatic heterocycles. The fourth-order valence-electron chi connectivity index (χ4n) is 1.90. The average molecular weight is 359 g/mol. The van der Waals surface area contributed by atoms with E-state index in [0.717, 1.165) is 23.8 Å². The van der Waals surface area contributed by atoms with Gasteiger partial charge in [0.1, 0.15) is 12.4 Å². The Hall–Kier alpha value is -2.06. The molecule has 8 heteroatoms. The quantitative estimate of drug-likeness (QED) is 0.805. The van der Waals surface area contributed by atoms with Crippen LogP contribution in [-0.2, 0) is 16.2 Å². The van der Waals surface area contributed by atoms with Gasteiger partial charge in [0.25, 0.3) is 0 Å². The Morgan fingerprint density at radius 2 is 1.75 bits per heavy atom. The van der Waals surface area contributed by atoms with Crippen LogP contribution >= 0.6 is 0 Å². The summed E-state index contributed by atoms with van der Waals surface area (Å²) < 4.78 is 69.6. The molecule has 2 aromatic rings. The van der Waals surface area contributed by atoms with Crippen LogP contribution in [0, 0.1) is 6.92 Å². The van der Waals surface area contributed by atoms with Gasteiger partial charge in [0.2, 0.25) is 10.0 Å². The first kappa shape index (κ1) is 18.3. The first-order chi connectivity index (χ1) is 11.2. The van der Waals surface area contributed by atoms with Gasteiger partial charge >= 0.3 is 6.18 Å². The summed E-state index contributed by atoms with van der Waals surface area (Å²) in [4.78, 5) is -0.437. The molecular weight excluding hydrogens is 343 g/mol. The van der Waals surface area contributed by atoms with Crippen molar-refractivity contribution in [2.75, 3.05) is 13.2 Å². The van der Waals surface area contributed by atoms with E-state index in [1.54, 1.807) is 12.1 Å². The lowest BCUT2D eigenvalue weighted by Gasteiger charge is -2.11. The van der Waals surface area contributed by atoms with Crippen LogP contribution in [0.2, 0.25) is 0 Å². The van der Waals surface area contributed by atoms with E-state index in [0.29, 0.717) is 11.8 Å². The van der Waals surface area contributed by atoms with Crippen molar-refractivity contribution in [1.82, 2.24) is 4.72 Å². The van der Waals surface area contributed by atoms with Gasteiger partial charge in [-0.15, -0.1) is 0 Å². The maximum atomic E-state index is 12.6. The van der Waals surface area contributed by atoms with Crippen LogP contribution in [0.3, 0.4) is 0 Å². The minimum atomic E-state index is -4.60. The van der Waals surface area contributed by atoms with Crippen LogP contribution in [0.1, 0.15) is 11.1 Å². The van der Waals surface area contributed by atoms with Gasteiger partial charge < -0.3 is 4.74 Å². The number of nitrogens with one attached hydrogen (secondary N) is 1. The number of benzene rings is 2. The summed E-state index contributed by atoms with van der Waals surface area (Å²) in [6.07, 6.45) is -4.60. The number of halogens is 3. The smallest absolute Gasteiger partial charge is 0.416 e. The van der Waals surface area contributed by atoms with E-state index in [-0.39, 0.29) is 13.2 Å². The van der Waals surface area contributed by atoms with E-state index in [4.69, 9.17) is 4.74 Å². The Morgan fingerprint density at radius 3 is 2.38 bits per heavy atom. The third kappa shape index (κ3) is 4.97. The summed E-state index contributed by atoms with van der Waals surface area (Å²) in [5.41, 5.74) is 0.0499. The van der Waals surface area contributed by atoms with Crippen molar-refractivity contribution in [3.8, 4) is 5.75 Å². The molecule has 2 rings (SSSR count). The second-order valence-corrected chi connectivity index (χ2v) is 6.85. The van der Waals surface area contributed by atoms with Crippen molar-refractivity contribution in [2.24, 2.45) is 0 Å². The molecule has 0 atom stereocenters. The van der Waals surface area contributed by atoms with E-state index in [9.17, 15) is 21.6 Å². The molecule has 0 aromatic heterocycles. The largest absolute Gasteiger partial charge is 0.492 e. The van der Waals surface area contributed by atoms with Gasteiger partial charge in [-0.05, 0) is 37.3 Å². The molecule has 0 heterocycles. The minimum Gasteiger partial charge on any atom is -0.492 e. The van der Waals surface area contributed by atoms with Gasteiger partial charge in [-0.1, -0.05) is 23.8 Å². The van der Waals surface area contributed by atoms with E-state index >= 15 is 0 Å². The topological polar surface area (TPSA) is 55.4 Å². The van der Waals surface area contributed by atoms with Crippen molar-refractivity contribution < 1.29 is 26.3 Å². The monoisotopic (exact) mass is 359 g/mol. The molecule has 4 nitrogen and oxygen atoms in total. The third-order valence-electron chi connectivity index (χ3n) is 3.16. The maximum absolute atomic E-state index is 12.6. The maximum Gasteiger partial charge on any atom is 0.416 e. The van der Waals surface area contributed by atoms with Crippen LogP contribution in [0.25, 0.3) is 0 Å². The summed E-state index contributed by atoms with van der Waals surface area (Å²) in [6.45, 7) is 1.92. The highest BCUT2D eigenvalue weighted by atomic mass is 32.2. The van der Waals surface area contributed by atoms with Gasteiger partial charge in [-0.2, -0.15) is 13.2 Å². The Bertz CT molecular complexity index is 787. The number of alkyl halides is 3.